The quantitative estimate of drug-likeness (QED) is 0.754. The van der Waals surface area contributed by atoms with Crippen LogP contribution in [-0.4, -0.2) is 90.4 Å². The van der Waals surface area contributed by atoms with Gasteiger partial charge >= 0.3 is 12.2 Å². The van der Waals surface area contributed by atoms with Crippen LogP contribution in [0.25, 0.3) is 0 Å². The van der Waals surface area contributed by atoms with E-state index in [1.807, 2.05) is 26.8 Å². The monoisotopic (exact) mass is 447 g/mol. The number of ether oxygens (including phenoxy) is 2. The van der Waals surface area contributed by atoms with Gasteiger partial charge in [-0.05, 0) is 46.2 Å². The molecule has 3 heterocycles. The van der Waals surface area contributed by atoms with Crippen molar-refractivity contribution >= 4 is 23.9 Å². The third-order valence-electron chi connectivity index (χ3n) is 5.31. The molecular weight excluding hydrogens is 414 g/mol. The number of hydrogen-bond donors (Lipinski definition) is 1. The second kappa shape index (κ2) is 10.1. The van der Waals surface area contributed by atoms with Gasteiger partial charge in [-0.15, -0.1) is 0 Å². The second-order valence-corrected chi connectivity index (χ2v) is 8.96. The lowest BCUT2D eigenvalue weighted by Gasteiger charge is -2.34. The number of nitrogens with zero attached hydrogens (tertiary/aromatic N) is 4. The summed E-state index contributed by atoms with van der Waals surface area (Å²) in [5.41, 5.74) is -0.0771. The standard InChI is InChI=1S/C22H33N5O5/c1-5-31-20(29)26-12-10-25(11-13-26)18-7-6-16(14-23-18)19(28)24-17-8-9-27(15-17)21(30)32-22(2,3)4/h6-7,14,17H,5,8-13,15H2,1-4H3,(H,24,28)/t17-/m1/s1. The minimum atomic E-state index is -0.544. The van der Waals surface area contributed by atoms with Crippen LogP contribution in [0, 0.1) is 0 Å². The van der Waals surface area contributed by atoms with Gasteiger partial charge in [-0.3, -0.25) is 4.79 Å². The van der Waals surface area contributed by atoms with E-state index in [9.17, 15) is 14.4 Å². The molecule has 10 heteroatoms. The minimum absolute atomic E-state index is 0.120. The van der Waals surface area contributed by atoms with Crippen molar-refractivity contribution in [2.75, 3.05) is 50.8 Å². The number of rotatable bonds is 4. The number of aromatic nitrogens is 1. The third kappa shape index (κ3) is 6.24. The van der Waals surface area contributed by atoms with Gasteiger partial charge in [-0.1, -0.05) is 0 Å². The number of hydrogen-bond acceptors (Lipinski definition) is 7. The highest BCUT2D eigenvalue weighted by Gasteiger charge is 2.31. The Labute approximate surface area is 188 Å². The zero-order valence-corrected chi connectivity index (χ0v) is 19.3. The average molecular weight is 448 g/mol. The van der Waals surface area contributed by atoms with Crippen LogP contribution in [-0.2, 0) is 9.47 Å². The molecule has 0 unspecified atom stereocenters. The fourth-order valence-electron chi connectivity index (χ4n) is 3.68. The normalized spacial score (nSPS) is 19.0. The summed E-state index contributed by atoms with van der Waals surface area (Å²) in [5, 5.41) is 2.97. The van der Waals surface area contributed by atoms with Gasteiger partial charge in [-0.2, -0.15) is 0 Å². The molecule has 10 nitrogen and oxygen atoms in total. The molecule has 0 aliphatic carbocycles. The number of carbonyl (C=O) groups excluding carboxylic acids is 3. The van der Waals surface area contributed by atoms with Crippen LogP contribution < -0.4 is 10.2 Å². The Bertz CT molecular complexity index is 815. The zero-order valence-electron chi connectivity index (χ0n) is 19.3. The molecule has 32 heavy (non-hydrogen) atoms. The Morgan fingerprint density at radius 3 is 2.38 bits per heavy atom. The topological polar surface area (TPSA) is 104 Å². The molecule has 1 atom stereocenters. The first-order valence-electron chi connectivity index (χ1n) is 11.1. The van der Waals surface area contributed by atoms with Crippen molar-refractivity contribution in [1.82, 2.24) is 20.1 Å². The molecule has 2 aliphatic rings. The van der Waals surface area contributed by atoms with Crippen LogP contribution in [0.1, 0.15) is 44.5 Å². The number of likely N-dealkylation sites (tertiary alicyclic amines) is 1. The molecule has 0 bridgehead atoms. The predicted octanol–water partition coefficient (Wildman–Crippen LogP) is 2.10. The Balaban J connectivity index is 1.48. The number of piperazine rings is 1. The van der Waals surface area contributed by atoms with Crippen LogP contribution in [0.2, 0.25) is 0 Å². The highest BCUT2D eigenvalue weighted by Crippen LogP contribution is 2.17. The highest BCUT2D eigenvalue weighted by atomic mass is 16.6. The lowest BCUT2D eigenvalue weighted by atomic mass is 10.2. The number of amides is 3. The summed E-state index contributed by atoms with van der Waals surface area (Å²) < 4.78 is 10.4. The van der Waals surface area contributed by atoms with Gasteiger partial charge in [0.2, 0.25) is 0 Å². The summed E-state index contributed by atoms with van der Waals surface area (Å²) in [6.45, 7) is 11.1. The first-order chi connectivity index (χ1) is 15.2. The van der Waals surface area contributed by atoms with Crippen LogP contribution in [0.5, 0.6) is 0 Å². The third-order valence-corrected chi connectivity index (χ3v) is 5.31. The molecule has 1 N–H and O–H groups in total. The van der Waals surface area contributed by atoms with Crippen molar-refractivity contribution in [1.29, 1.82) is 0 Å². The van der Waals surface area contributed by atoms with Gasteiger partial charge in [0.15, 0.2) is 0 Å². The van der Waals surface area contributed by atoms with Gasteiger partial charge in [0.1, 0.15) is 11.4 Å². The Morgan fingerprint density at radius 2 is 1.78 bits per heavy atom. The molecule has 1 aromatic rings. The molecule has 0 radical (unpaired) electrons. The number of anilines is 1. The van der Waals surface area contributed by atoms with E-state index in [2.05, 4.69) is 15.2 Å². The van der Waals surface area contributed by atoms with Crippen molar-refractivity contribution < 1.29 is 23.9 Å². The van der Waals surface area contributed by atoms with Gasteiger partial charge in [0, 0.05) is 51.5 Å². The summed E-state index contributed by atoms with van der Waals surface area (Å²) in [4.78, 5) is 46.4. The van der Waals surface area contributed by atoms with E-state index in [0.717, 1.165) is 5.82 Å². The van der Waals surface area contributed by atoms with Gasteiger partial charge < -0.3 is 29.5 Å². The first-order valence-corrected chi connectivity index (χ1v) is 11.1. The van der Waals surface area contributed by atoms with Gasteiger partial charge in [-0.25, -0.2) is 14.6 Å². The summed E-state index contributed by atoms with van der Waals surface area (Å²) in [6.07, 6.45) is 1.59. The fourth-order valence-corrected chi connectivity index (χ4v) is 3.68. The maximum Gasteiger partial charge on any atom is 0.410 e. The van der Waals surface area contributed by atoms with Crippen LogP contribution in [0.4, 0.5) is 15.4 Å². The average Bonchev–Trinajstić information content (AvgIpc) is 3.22. The maximum atomic E-state index is 12.6. The Kier molecular flexibility index (Phi) is 7.42. The first kappa shape index (κ1) is 23.6. The number of carbonyl (C=O) groups is 3. The van der Waals surface area contributed by atoms with Crippen LogP contribution >= 0.6 is 0 Å². The van der Waals surface area contributed by atoms with Crippen molar-refractivity contribution in [3.05, 3.63) is 23.9 Å². The molecule has 0 aromatic carbocycles. The van der Waals surface area contributed by atoms with Crippen molar-refractivity contribution in [2.24, 2.45) is 0 Å². The molecule has 2 fully saturated rings. The fraction of sp³-hybridized carbons (Fsp3) is 0.636. The second-order valence-electron chi connectivity index (χ2n) is 8.96. The van der Waals surface area contributed by atoms with E-state index in [1.54, 1.807) is 29.0 Å². The van der Waals surface area contributed by atoms with Crippen LogP contribution in [0.15, 0.2) is 18.3 Å². The Hall–Kier alpha value is -3.04. The van der Waals surface area contributed by atoms with E-state index in [4.69, 9.17) is 9.47 Å². The molecular formula is C22H33N5O5. The lowest BCUT2D eigenvalue weighted by molar-refractivity contribution is 0.0290. The largest absolute Gasteiger partial charge is 0.450 e. The van der Waals surface area contributed by atoms with E-state index in [0.29, 0.717) is 57.9 Å². The van der Waals surface area contributed by atoms with E-state index >= 15 is 0 Å². The van der Waals surface area contributed by atoms with Gasteiger partial charge in [0.05, 0.1) is 12.2 Å². The Morgan fingerprint density at radius 1 is 1.06 bits per heavy atom. The molecule has 3 amide bonds. The molecule has 0 saturated carbocycles. The lowest BCUT2D eigenvalue weighted by Crippen LogP contribution is -2.49. The number of pyridine rings is 1. The summed E-state index contributed by atoms with van der Waals surface area (Å²) >= 11 is 0. The minimum Gasteiger partial charge on any atom is -0.450 e. The summed E-state index contributed by atoms with van der Waals surface area (Å²) in [5.74, 6) is 0.550. The smallest absolute Gasteiger partial charge is 0.410 e. The molecule has 176 valence electrons. The molecule has 1 aromatic heterocycles. The predicted molar refractivity (Wildman–Crippen MR) is 119 cm³/mol. The van der Waals surface area contributed by atoms with Crippen molar-refractivity contribution in [3.63, 3.8) is 0 Å². The van der Waals surface area contributed by atoms with Crippen LogP contribution in [0.3, 0.4) is 0 Å². The molecule has 2 saturated heterocycles. The van der Waals surface area contributed by atoms with Crippen molar-refractivity contribution in [3.8, 4) is 0 Å². The maximum absolute atomic E-state index is 12.6. The highest BCUT2D eigenvalue weighted by molar-refractivity contribution is 5.94. The van der Waals surface area contributed by atoms with Gasteiger partial charge in [0.25, 0.3) is 5.91 Å². The van der Waals surface area contributed by atoms with Crippen molar-refractivity contribution in [2.45, 2.75) is 45.8 Å². The SMILES string of the molecule is CCOC(=O)N1CCN(c2ccc(C(=O)N[C@@H]3CCN(C(=O)OC(C)(C)C)C3)cn2)CC1. The zero-order chi connectivity index (χ0) is 23.3. The van der Waals surface area contributed by atoms with E-state index in [1.165, 1.54) is 0 Å². The number of nitrogens with one attached hydrogen (secondary N) is 1. The van der Waals surface area contributed by atoms with E-state index < -0.39 is 5.60 Å². The molecule has 3 rings (SSSR count). The van der Waals surface area contributed by atoms with E-state index in [-0.39, 0.29) is 24.1 Å². The molecule has 0 spiro atoms. The molecule has 2 aliphatic heterocycles. The summed E-state index contributed by atoms with van der Waals surface area (Å²) in [6, 6.07) is 3.44. The summed E-state index contributed by atoms with van der Waals surface area (Å²) in [7, 11) is 0.